The number of carbonyl (C=O) groups is 1. The van der Waals surface area contributed by atoms with Crippen molar-refractivity contribution in [3.05, 3.63) is 76.3 Å². The van der Waals surface area contributed by atoms with Crippen LogP contribution in [0.15, 0.2) is 59.4 Å². The van der Waals surface area contributed by atoms with Crippen molar-refractivity contribution in [1.29, 1.82) is 0 Å². The first-order valence-corrected chi connectivity index (χ1v) is 11.7. The maximum absolute atomic E-state index is 13.0. The molecule has 174 valence electrons. The highest BCUT2D eigenvalue weighted by Gasteiger charge is 2.23. The van der Waals surface area contributed by atoms with Gasteiger partial charge >= 0.3 is 0 Å². The van der Waals surface area contributed by atoms with Crippen LogP contribution < -0.4 is 15.2 Å². The molecule has 3 heterocycles. The number of anilines is 1. The third kappa shape index (κ3) is 4.49. The molecule has 0 aliphatic carbocycles. The minimum atomic E-state index is -0.356. The molecule has 0 spiro atoms. The van der Waals surface area contributed by atoms with E-state index < -0.39 is 0 Å². The maximum atomic E-state index is 13.0. The highest BCUT2D eigenvalue weighted by Crippen LogP contribution is 2.27. The number of rotatable bonds is 5. The number of piperazine rings is 1. The third-order valence-corrected chi connectivity index (χ3v) is 6.68. The summed E-state index contributed by atoms with van der Waals surface area (Å²) in [6.45, 7) is 3.98. The van der Waals surface area contributed by atoms with Gasteiger partial charge in [0.25, 0.3) is 11.5 Å². The van der Waals surface area contributed by atoms with Gasteiger partial charge in [-0.05, 0) is 36.8 Å². The Balaban J connectivity index is 1.25. The first-order valence-electron chi connectivity index (χ1n) is 10.9. The van der Waals surface area contributed by atoms with Gasteiger partial charge in [-0.2, -0.15) is 9.61 Å². The van der Waals surface area contributed by atoms with E-state index in [1.54, 1.807) is 4.90 Å². The smallest absolute Gasteiger partial charge is 0.277 e. The Morgan fingerprint density at radius 2 is 1.82 bits per heavy atom. The lowest BCUT2D eigenvalue weighted by Crippen LogP contribution is -2.50. The van der Waals surface area contributed by atoms with E-state index in [2.05, 4.69) is 10.1 Å². The predicted octanol–water partition coefficient (Wildman–Crippen LogP) is 2.99. The fraction of sp³-hybridized carbons (Fsp3) is 0.250. The maximum Gasteiger partial charge on any atom is 0.277 e. The summed E-state index contributed by atoms with van der Waals surface area (Å²) in [4.78, 5) is 34.2. The number of halogens is 1. The highest BCUT2D eigenvalue weighted by molar-refractivity contribution is 7.19. The van der Waals surface area contributed by atoms with Gasteiger partial charge in [0.2, 0.25) is 4.96 Å². The molecule has 0 radical (unpaired) electrons. The molecular formula is C24H22FN5O3S. The Kier molecular flexibility index (Phi) is 5.97. The fourth-order valence-corrected chi connectivity index (χ4v) is 4.83. The van der Waals surface area contributed by atoms with E-state index in [9.17, 15) is 14.0 Å². The van der Waals surface area contributed by atoms with Gasteiger partial charge in [0, 0.05) is 37.8 Å². The van der Waals surface area contributed by atoms with Gasteiger partial charge in [-0.1, -0.05) is 35.6 Å². The second-order valence-electron chi connectivity index (χ2n) is 7.98. The fourth-order valence-electron chi connectivity index (χ4n) is 3.84. The summed E-state index contributed by atoms with van der Waals surface area (Å²) in [5.41, 5.74) is 1.83. The minimum Gasteiger partial charge on any atom is -0.484 e. The molecule has 1 saturated heterocycles. The van der Waals surface area contributed by atoms with Crippen LogP contribution >= 0.6 is 11.3 Å². The minimum absolute atomic E-state index is 0.111. The van der Waals surface area contributed by atoms with Crippen LogP contribution in [-0.4, -0.2) is 58.2 Å². The molecule has 5 rings (SSSR count). The summed E-state index contributed by atoms with van der Waals surface area (Å²) in [7, 11) is 0. The number of carbonyl (C=O) groups excluding carboxylic acids is 1. The first kappa shape index (κ1) is 22.0. The molecule has 2 aromatic heterocycles. The van der Waals surface area contributed by atoms with Crippen molar-refractivity contribution in [2.24, 2.45) is 0 Å². The van der Waals surface area contributed by atoms with Gasteiger partial charge in [-0.15, -0.1) is 0 Å². The molecule has 34 heavy (non-hydrogen) atoms. The Bertz CT molecular complexity index is 1390. The van der Waals surface area contributed by atoms with Gasteiger partial charge in [0.05, 0.1) is 0 Å². The van der Waals surface area contributed by atoms with E-state index in [1.807, 2.05) is 36.1 Å². The van der Waals surface area contributed by atoms with Crippen molar-refractivity contribution < 1.29 is 13.9 Å². The van der Waals surface area contributed by atoms with Crippen molar-refractivity contribution in [3.63, 3.8) is 0 Å². The SMILES string of the molecule is Cc1ccccc1-c1nn2c(=O)cc(N3CCN(C(=O)COc4ccc(F)cc4)CC3)nc2s1. The van der Waals surface area contributed by atoms with Crippen molar-refractivity contribution in [1.82, 2.24) is 19.5 Å². The predicted molar refractivity (Wildman–Crippen MR) is 128 cm³/mol. The molecule has 2 aromatic carbocycles. The molecule has 0 bridgehead atoms. The Morgan fingerprint density at radius 1 is 1.09 bits per heavy atom. The van der Waals surface area contributed by atoms with Crippen molar-refractivity contribution in [2.45, 2.75) is 6.92 Å². The normalized spacial score (nSPS) is 13.9. The number of hydrogen-bond donors (Lipinski definition) is 0. The summed E-state index contributed by atoms with van der Waals surface area (Å²) >= 11 is 1.38. The van der Waals surface area contributed by atoms with Gasteiger partial charge in [0.1, 0.15) is 22.4 Å². The molecule has 0 atom stereocenters. The largest absolute Gasteiger partial charge is 0.484 e. The molecule has 0 N–H and O–H groups in total. The van der Waals surface area contributed by atoms with E-state index in [4.69, 9.17) is 4.74 Å². The van der Waals surface area contributed by atoms with Crippen LogP contribution in [0.5, 0.6) is 5.75 Å². The number of aromatic nitrogens is 3. The molecule has 0 unspecified atom stereocenters. The third-order valence-electron chi connectivity index (χ3n) is 5.74. The molecule has 1 amide bonds. The molecule has 1 fully saturated rings. The Morgan fingerprint density at radius 3 is 2.56 bits per heavy atom. The number of benzene rings is 2. The zero-order valence-electron chi connectivity index (χ0n) is 18.5. The van der Waals surface area contributed by atoms with E-state index in [-0.39, 0.29) is 23.9 Å². The average molecular weight is 480 g/mol. The average Bonchev–Trinajstić information content (AvgIpc) is 3.28. The lowest BCUT2D eigenvalue weighted by atomic mass is 10.1. The summed E-state index contributed by atoms with van der Waals surface area (Å²) in [6.07, 6.45) is 0. The number of nitrogens with zero attached hydrogens (tertiary/aromatic N) is 5. The van der Waals surface area contributed by atoms with Crippen molar-refractivity contribution in [2.75, 3.05) is 37.7 Å². The van der Waals surface area contributed by atoms with Gasteiger partial charge in [-0.25, -0.2) is 9.37 Å². The van der Waals surface area contributed by atoms with Crippen LogP contribution in [0.25, 0.3) is 15.5 Å². The van der Waals surface area contributed by atoms with Crippen LogP contribution in [0.1, 0.15) is 5.56 Å². The molecule has 1 aliphatic rings. The van der Waals surface area contributed by atoms with E-state index in [1.165, 1.54) is 46.2 Å². The van der Waals surface area contributed by atoms with E-state index in [0.717, 1.165) is 16.1 Å². The molecule has 10 heteroatoms. The van der Waals surface area contributed by atoms with Crippen LogP contribution in [-0.2, 0) is 4.79 Å². The number of aryl methyl sites for hydroxylation is 1. The van der Waals surface area contributed by atoms with Crippen LogP contribution in [0.3, 0.4) is 0 Å². The number of hydrogen-bond acceptors (Lipinski definition) is 7. The van der Waals surface area contributed by atoms with E-state index in [0.29, 0.717) is 42.7 Å². The second kappa shape index (κ2) is 9.22. The quantitative estimate of drug-likeness (QED) is 0.438. The molecule has 4 aromatic rings. The zero-order valence-corrected chi connectivity index (χ0v) is 19.3. The summed E-state index contributed by atoms with van der Waals surface area (Å²) in [5, 5.41) is 5.22. The number of fused-ring (bicyclic) bond motifs is 1. The lowest BCUT2D eigenvalue weighted by molar-refractivity contribution is -0.133. The van der Waals surface area contributed by atoms with Gasteiger partial charge in [-0.3, -0.25) is 9.59 Å². The molecule has 0 saturated carbocycles. The monoisotopic (exact) mass is 479 g/mol. The van der Waals surface area contributed by atoms with Crippen LogP contribution in [0.2, 0.25) is 0 Å². The lowest BCUT2D eigenvalue weighted by Gasteiger charge is -2.35. The summed E-state index contributed by atoms with van der Waals surface area (Å²) in [6, 6.07) is 15.0. The highest BCUT2D eigenvalue weighted by atomic mass is 32.1. The first-order chi connectivity index (χ1) is 16.5. The second-order valence-corrected chi connectivity index (χ2v) is 8.94. The van der Waals surface area contributed by atoms with Crippen LogP contribution in [0.4, 0.5) is 10.2 Å². The van der Waals surface area contributed by atoms with Crippen molar-refractivity contribution >= 4 is 28.0 Å². The molecule has 1 aliphatic heterocycles. The van der Waals surface area contributed by atoms with Gasteiger partial charge in [0.15, 0.2) is 6.61 Å². The van der Waals surface area contributed by atoms with E-state index >= 15 is 0 Å². The Hall–Kier alpha value is -3.79. The number of amides is 1. The van der Waals surface area contributed by atoms with Gasteiger partial charge < -0.3 is 14.5 Å². The van der Waals surface area contributed by atoms with Crippen LogP contribution in [0, 0.1) is 12.7 Å². The van der Waals surface area contributed by atoms with Crippen molar-refractivity contribution in [3.8, 4) is 16.3 Å². The zero-order chi connectivity index (χ0) is 23.7. The standard InChI is InChI=1S/C24H22FN5O3S/c1-16-4-2-3-5-19(16)23-27-30-21(31)14-20(26-24(30)34-23)28-10-12-29(13-11-28)22(32)15-33-18-8-6-17(25)7-9-18/h2-9,14H,10-13,15H2,1H3. The summed E-state index contributed by atoms with van der Waals surface area (Å²) < 4.78 is 19.8. The topological polar surface area (TPSA) is 80.0 Å². The molecule has 8 nitrogen and oxygen atoms in total. The Labute approximate surface area is 198 Å². The molecular weight excluding hydrogens is 457 g/mol. The summed E-state index contributed by atoms with van der Waals surface area (Å²) in [5.74, 6) is 0.532. The number of ether oxygens (including phenoxy) is 1.